The molecule has 2 N–H and O–H groups in total. The van der Waals surface area contributed by atoms with E-state index in [9.17, 15) is 0 Å². The van der Waals surface area contributed by atoms with Crippen molar-refractivity contribution in [3.05, 3.63) is 59.2 Å². The summed E-state index contributed by atoms with van der Waals surface area (Å²) in [6.45, 7) is 0. The Morgan fingerprint density at radius 1 is 1.05 bits per heavy atom. The zero-order valence-electron chi connectivity index (χ0n) is 9.99. The minimum atomic E-state index is 0.707. The van der Waals surface area contributed by atoms with Crippen LogP contribution < -0.4 is 5.73 Å². The van der Waals surface area contributed by atoms with E-state index in [1.54, 1.807) is 4.68 Å². The van der Waals surface area contributed by atoms with Crippen molar-refractivity contribution in [1.82, 2.24) is 15.0 Å². The van der Waals surface area contributed by atoms with Crippen molar-refractivity contribution in [1.29, 1.82) is 0 Å². The Kier molecular flexibility index (Phi) is 3.05. The van der Waals surface area contributed by atoms with Crippen LogP contribution in [-0.2, 0) is 0 Å². The molecule has 19 heavy (non-hydrogen) atoms. The Bertz CT molecular complexity index is 703. The molecule has 0 saturated carbocycles. The minimum Gasteiger partial charge on any atom is -0.399 e. The van der Waals surface area contributed by atoms with Gasteiger partial charge in [0.05, 0.1) is 11.9 Å². The lowest BCUT2D eigenvalue weighted by Gasteiger charge is -2.00. The van der Waals surface area contributed by atoms with Crippen LogP contribution in [0.4, 0.5) is 5.69 Å². The number of halogens is 1. The zero-order valence-corrected chi connectivity index (χ0v) is 11.6. The number of hydrogen-bond acceptors (Lipinski definition) is 3. The van der Waals surface area contributed by atoms with Crippen LogP contribution in [0.15, 0.2) is 59.2 Å². The van der Waals surface area contributed by atoms with Gasteiger partial charge in [0, 0.05) is 15.7 Å². The van der Waals surface area contributed by atoms with Gasteiger partial charge in [-0.05, 0) is 30.3 Å². The molecule has 0 fully saturated rings. The fraction of sp³-hybridized carbons (Fsp3) is 0. The highest BCUT2D eigenvalue weighted by Gasteiger charge is 2.05. The van der Waals surface area contributed by atoms with Crippen molar-refractivity contribution in [2.24, 2.45) is 0 Å². The largest absolute Gasteiger partial charge is 0.399 e. The number of aromatic nitrogens is 3. The van der Waals surface area contributed by atoms with E-state index < -0.39 is 0 Å². The number of nitrogen functional groups attached to an aromatic ring is 1. The molecule has 0 spiro atoms. The molecular formula is C14H11BrN4. The van der Waals surface area contributed by atoms with Crippen LogP contribution in [0.1, 0.15) is 0 Å². The van der Waals surface area contributed by atoms with Crippen LogP contribution in [0, 0.1) is 0 Å². The molecule has 0 bridgehead atoms. The molecule has 0 unspecified atom stereocenters. The monoisotopic (exact) mass is 314 g/mol. The van der Waals surface area contributed by atoms with Gasteiger partial charge < -0.3 is 5.73 Å². The Morgan fingerprint density at radius 2 is 1.84 bits per heavy atom. The van der Waals surface area contributed by atoms with Gasteiger partial charge in [-0.15, -0.1) is 5.10 Å². The van der Waals surface area contributed by atoms with Crippen molar-refractivity contribution in [2.45, 2.75) is 0 Å². The minimum absolute atomic E-state index is 0.707. The molecule has 0 atom stereocenters. The highest BCUT2D eigenvalue weighted by molar-refractivity contribution is 9.10. The van der Waals surface area contributed by atoms with Gasteiger partial charge in [-0.1, -0.05) is 39.3 Å². The topological polar surface area (TPSA) is 56.7 Å². The first-order chi connectivity index (χ1) is 9.22. The maximum absolute atomic E-state index is 5.76. The number of nitrogens with two attached hydrogens (primary N) is 1. The van der Waals surface area contributed by atoms with Crippen LogP contribution in [0.5, 0.6) is 0 Å². The lowest BCUT2D eigenvalue weighted by atomic mass is 10.2. The summed E-state index contributed by atoms with van der Waals surface area (Å²) in [6.07, 6.45) is 1.89. The van der Waals surface area contributed by atoms with E-state index in [1.165, 1.54) is 0 Å². The van der Waals surface area contributed by atoms with Crippen molar-refractivity contribution < 1.29 is 0 Å². The van der Waals surface area contributed by atoms with E-state index in [4.69, 9.17) is 5.73 Å². The molecule has 3 aromatic rings. The quantitative estimate of drug-likeness (QED) is 0.738. The molecule has 3 rings (SSSR count). The number of rotatable bonds is 2. The van der Waals surface area contributed by atoms with Crippen molar-refractivity contribution in [3.63, 3.8) is 0 Å². The molecule has 1 heterocycles. The van der Waals surface area contributed by atoms with Crippen LogP contribution in [0.25, 0.3) is 16.9 Å². The second-order valence-corrected chi connectivity index (χ2v) is 5.07. The predicted molar refractivity (Wildman–Crippen MR) is 78.9 cm³/mol. The fourth-order valence-electron chi connectivity index (χ4n) is 1.81. The Hall–Kier alpha value is -2.14. The second kappa shape index (κ2) is 4.85. The average molecular weight is 315 g/mol. The van der Waals surface area contributed by atoms with Gasteiger partial charge in [0.2, 0.25) is 0 Å². The van der Waals surface area contributed by atoms with Gasteiger partial charge in [-0.25, -0.2) is 4.68 Å². The van der Waals surface area contributed by atoms with E-state index in [0.717, 1.165) is 21.4 Å². The summed E-state index contributed by atoms with van der Waals surface area (Å²) in [5, 5.41) is 8.30. The molecule has 4 nitrogen and oxygen atoms in total. The summed E-state index contributed by atoms with van der Waals surface area (Å²) >= 11 is 3.41. The Balaban J connectivity index is 1.97. The molecular weight excluding hydrogens is 304 g/mol. The number of hydrogen-bond donors (Lipinski definition) is 1. The van der Waals surface area contributed by atoms with E-state index in [1.807, 2.05) is 54.7 Å². The maximum atomic E-state index is 5.76. The molecule has 2 aromatic carbocycles. The highest BCUT2D eigenvalue weighted by Crippen LogP contribution is 2.20. The summed E-state index contributed by atoms with van der Waals surface area (Å²) < 4.78 is 2.76. The van der Waals surface area contributed by atoms with Crippen molar-refractivity contribution in [2.75, 3.05) is 5.73 Å². The highest BCUT2D eigenvalue weighted by atomic mass is 79.9. The summed E-state index contributed by atoms with van der Waals surface area (Å²) in [4.78, 5) is 0. The molecule has 0 amide bonds. The SMILES string of the molecule is Nc1cccc(-n2cc(-c3ccc(Br)cc3)nn2)c1. The summed E-state index contributed by atoms with van der Waals surface area (Å²) in [5.74, 6) is 0. The third-order valence-electron chi connectivity index (χ3n) is 2.77. The van der Waals surface area contributed by atoms with Gasteiger partial charge >= 0.3 is 0 Å². The van der Waals surface area contributed by atoms with Crippen molar-refractivity contribution in [3.8, 4) is 16.9 Å². The van der Waals surface area contributed by atoms with E-state index in [2.05, 4.69) is 26.2 Å². The van der Waals surface area contributed by atoms with E-state index >= 15 is 0 Å². The number of nitrogens with zero attached hydrogens (tertiary/aromatic N) is 3. The first kappa shape index (κ1) is 11.9. The number of anilines is 1. The smallest absolute Gasteiger partial charge is 0.113 e. The van der Waals surface area contributed by atoms with Crippen LogP contribution in [0.3, 0.4) is 0 Å². The number of benzene rings is 2. The predicted octanol–water partition coefficient (Wildman–Crippen LogP) is 3.28. The van der Waals surface area contributed by atoms with Gasteiger partial charge in [-0.3, -0.25) is 0 Å². The normalized spacial score (nSPS) is 10.6. The molecule has 0 aliphatic heterocycles. The summed E-state index contributed by atoms with van der Waals surface area (Å²) in [5.41, 5.74) is 9.22. The van der Waals surface area contributed by atoms with Gasteiger partial charge in [0.15, 0.2) is 0 Å². The van der Waals surface area contributed by atoms with E-state index in [0.29, 0.717) is 5.69 Å². The summed E-state index contributed by atoms with van der Waals surface area (Å²) in [6, 6.07) is 15.5. The standard InChI is InChI=1S/C14H11BrN4/c15-11-6-4-10(5-7-11)14-9-19(18-17-14)13-3-1-2-12(16)8-13/h1-9H,16H2. The average Bonchev–Trinajstić information content (AvgIpc) is 2.89. The zero-order chi connectivity index (χ0) is 13.2. The molecule has 94 valence electrons. The van der Waals surface area contributed by atoms with E-state index in [-0.39, 0.29) is 0 Å². The lowest BCUT2D eigenvalue weighted by Crippen LogP contribution is -1.95. The first-order valence-electron chi connectivity index (χ1n) is 5.76. The van der Waals surface area contributed by atoms with Gasteiger partial charge in [0.25, 0.3) is 0 Å². The van der Waals surface area contributed by atoms with Crippen molar-refractivity contribution >= 4 is 21.6 Å². The molecule has 5 heteroatoms. The first-order valence-corrected chi connectivity index (χ1v) is 6.56. The van der Waals surface area contributed by atoms with Gasteiger partial charge in [-0.2, -0.15) is 0 Å². The third kappa shape index (κ3) is 2.51. The second-order valence-electron chi connectivity index (χ2n) is 4.15. The van der Waals surface area contributed by atoms with Crippen LogP contribution in [-0.4, -0.2) is 15.0 Å². The molecule has 0 saturated heterocycles. The van der Waals surface area contributed by atoms with Crippen LogP contribution in [0.2, 0.25) is 0 Å². The Labute approximate surface area is 119 Å². The Morgan fingerprint density at radius 3 is 2.58 bits per heavy atom. The fourth-order valence-corrected chi connectivity index (χ4v) is 2.07. The molecule has 1 aromatic heterocycles. The maximum Gasteiger partial charge on any atom is 0.113 e. The summed E-state index contributed by atoms with van der Waals surface area (Å²) in [7, 11) is 0. The lowest BCUT2D eigenvalue weighted by molar-refractivity contribution is 0.804. The molecule has 0 radical (unpaired) electrons. The van der Waals surface area contributed by atoms with Crippen LogP contribution >= 0.6 is 15.9 Å². The molecule has 0 aliphatic rings. The van der Waals surface area contributed by atoms with Gasteiger partial charge in [0.1, 0.15) is 5.69 Å². The third-order valence-corrected chi connectivity index (χ3v) is 3.30. The molecule has 0 aliphatic carbocycles.